The summed E-state index contributed by atoms with van der Waals surface area (Å²) >= 11 is 12.0. The number of amides is 1. The summed E-state index contributed by atoms with van der Waals surface area (Å²) in [5.74, 6) is -0.418. The second-order valence-corrected chi connectivity index (χ2v) is 6.33. The van der Waals surface area contributed by atoms with E-state index in [-0.39, 0.29) is 11.7 Å². The number of hydrogen-bond acceptors (Lipinski definition) is 2. The van der Waals surface area contributed by atoms with E-state index in [0.717, 1.165) is 5.39 Å². The normalized spacial score (nSPS) is 10.8. The Morgan fingerprint density at radius 2 is 1.75 bits per heavy atom. The predicted molar refractivity (Wildman–Crippen MR) is 97.3 cm³/mol. The highest BCUT2D eigenvalue weighted by Gasteiger charge is 2.23. The van der Waals surface area contributed by atoms with E-state index < -0.39 is 0 Å². The van der Waals surface area contributed by atoms with Crippen molar-refractivity contribution in [1.82, 2.24) is 4.98 Å². The zero-order valence-corrected chi connectivity index (χ0v) is 14.6. The lowest BCUT2D eigenvalue weighted by atomic mass is 10.1. The second-order valence-electron chi connectivity index (χ2n) is 5.46. The number of nitrogens with zero attached hydrogens (tertiary/aromatic N) is 1. The number of nitrogens with one attached hydrogen (secondary N) is 1. The lowest BCUT2D eigenvalue weighted by Crippen LogP contribution is -2.24. The number of aromatic nitrogens is 1. The number of anilines is 1. The van der Waals surface area contributed by atoms with E-state index in [9.17, 15) is 9.59 Å². The highest BCUT2D eigenvalue weighted by molar-refractivity contribution is 6.32. The molecule has 1 amide bonds. The molecule has 0 bridgehead atoms. The molecule has 0 atom stereocenters. The smallest absolute Gasteiger partial charge is 0.223 e. The van der Waals surface area contributed by atoms with Crippen LogP contribution >= 0.6 is 23.2 Å². The number of ketones is 1. The molecule has 0 spiro atoms. The summed E-state index contributed by atoms with van der Waals surface area (Å²) in [7, 11) is 1.63. The molecule has 24 heavy (non-hydrogen) atoms. The number of carbonyl (C=O) groups excluding carboxylic acids is 2. The van der Waals surface area contributed by atoms with Crippen molar-refractivity contribution in [3.05, 3.63) is 63.8 Å². The monoisotopic (exact) mass is 360 g/mol. The quantitative estimate of drug-likeness (QED) is 0.688. The van der Waals surface area contributed by atoms with Gasteiger partial charge in [0.1, 0.15) is 5.69 Å². The van der Waals surface area contributed by atoms with Gasteiger partial charge in [0.2, 0.25) is 11.7 Å². The average molecular weight is 361 g/mol. The van der Waals surface area contributed by atoms with Gasteiger partial charge in [-0.05, 0) is 30.3 Å². The third-order valence-electron chi connectivity index (χ3n) is 3.85. The molecule has 0 aliphatic heterocycles. The van der Waals surface area contributed by atoms with Gasteiger partial charge in [0, 0.05) is 40.5 Å². The first-order valence-corrected chi connectivity index (χ1v) is 8.00. The molecular weight excluding hydrogens is 347 g/mol. The van der Waals surface area contributed by atoms with Crippen LogP contribution in [-0.2, 0) is 4.79 Å². The molecule has 0 aliphatic rings. The van der Waals surface area contributed by atoms with Crippen molar-refractivity contribution >= 4 is 51.5 Å². The van der Waals surface area contributed by atoms with Crippen LogP contribution in [0.1, 0.15) is 23.0 Å². The van der Waals surface area contributed by atoms with Crippen LogP contribution in [0.5, 0.6) is 0 Å². The fourth-order valence-corrected chi connectivity index (χ4v) is 2.96. The van der Waals surface area contributed by atoms with Crippen LogP contribution in [0.2, 0.25) is 10.0 Å². The lowest BCUT2D eigenvalue weighted by molar-refractivity contribution is -0.116. The van der Waals surface area contributed by atoms with Gasteiger partial charge in [-0.3, -0.25) is 9.59 Å². The van der Waals surface area contributed by atoms with Crippen LogP contribution in [0, 0.1) is 0 Å². The molecule has 4 nitrogen and oxygen atoms in total. The highest BCUT2D eigenvalue weighted by atomic mass is 35.5. The molecule has 3 aromatic rings. The fraction of sp³-hybridized carbons (Fsp3) is 0.111. The number of benzene rings is 2. The van der Waals surface area contributed by atoms with Crippen molar-refractivity contribution < 1.29 is 9.59 Å². The Kier molecular flexibility index (Phi) is 4.35. The minimum absolute atomic E-state index is 0.175. The van der Waals surface area contributed by atoms with Crippen LogP contribution in [0.15, 0.2) is 42.5 Å². The maximum atomic E-state index is 12.9. The first-order valence-electron chi connectivity index (χ1n) is 7.24. The van der Waals surface area contributed by atoms with Gasteiger partial charge >= 0.3 is 0 Å². The zero-order valence-electron chi connectivity index (χ0n) is 13.1. The predicted octanol–water partition coefficient (Wildman–Crippen LogP) is 4.69. The number of hydrogen-bond donors (Lipinski definition) is 1. The molecule has 0 aliphatic carbocycles. The Bertz CT molecular complexity index is 963. The second kappa shape index (κ2) is 6.30. The van der Waals surface area contributed by atoms with Crippen molar-refractivity contribution in [2.24, 2.45) is 0 Å². The van der Waals surface area contributed by atoms with E-state index in [0.29, 0.717) is 32.5 Å². The van der Waals surface area contributed by atoms with Gasteiger partial charge in [0.15, 0.2) is 0 Å². The number of rotatable bonds is 3. The average Bonchev–Trinajstić information content (AvgIpc) is 2.91. The third kappa shape index (κ3) is 2.90. The largest absolute Gasteiger partial charge is 0.350 e. The third-order valence-corrected chi connectivity index (χ3v) is 4.33. The Balaban J connectivity index is 2.24. The van der Waals surface area contributed by atoms with Gasteiger partial charge < -0.3 is 9.88 Å². The summed E-state index contributed by atoms with van der Waals surface area (Å²) in [4.78, 5) is 29.3. The van der Waals surface area contributed by atoms with Crippen LogP contribution in [0.25, 0.3) is 10.9 Å². The molecule has 0 saturated heterocycles. The molecule has 3 rings (SSSR count). The number of H-pyrrole nitrogens is 1. The first kappa shape index (κ1) is 16.6. The number of fused-ring (bicyclic) bond motifs is 1. The van der Waals surface area contributed by atoms with Gasteiger partial charge in [-0.2, -0.15) is 0 Å². The highest BCUT2D eigenvalue weighted by Crippen LogP contribution is 2.34. The van der Waals surface area contributed by atoms with Crippen LogP contribution in [0.3, 0.4) is 0 Å². The molecule has 0 radical (unpaired) electrons. The van der Waals surface area contributed by atoms with Crippen LogP contribution < -0.4 is 4.90 Å². The van der Waals surface area contributed by atoms with E-state index in [1.807, 2.05) is 0 Å². The van der Waals surface area contributed by atoms with Gasteiger partial charge in [-0.1, -0.05) is 35.3 Å². The van der Waals surface area contributed by atoms with E-state index in [4.69, 9.17) is 23.2 Å². The standard InChI is InChI=1S/C18H14Cl2N2O2/c1-10(23)22(2)17-14-7-6-13(20)9-15(14)21-16(17)18(24)11-4-3-5-12(19)8-11/h3-9,21H,1-2H3. The zero-order chi connectivity index (χ0) is 17.4. The minimum Gasteiger partial charge on any atom is -0.350 e. The topological polar surface area (TPSA) is 53.2 Å². The Morgan fingerprint density at radius 3 is 2.42 bits per heavy atom. The van der Waals surface area contributed by atoms with Crippen molar-refractivity contribution in [1.29, 1.82) is 0 Å². The first-order chi connectivity index (χ1) is 11.4. The molecule has 1 heterocycles. The Hall–Kier alpha value is -2.30. The van der Waals surface area contributed by atoms with Gasteiger partial charge in [0.25, 0.3) is 0 Å². The summed E-state index contributed by atoms with van der Waals surface area (Å²) in [6.45, 7) is 1.45. The number of aromatic amines is 1. The van der Waals surface area contributed by atoms with Gasteiger partial charge in [0.05, 0.1) is 5.69 Å². The van der Waals surface area contributed by atoms with Crippen LogP contribution in [0.4, 0.5) is 5.69 Å². The summed E-state index contributed by atoms with van der Waals surface area (Å²) in [5.41, 5.74) is 1.99. The van der Waals surface area contributed by atoms with Crippen molar-refractivity contribution in [2.75, 3.05) is 11.9 Å². The van der Waals surface area contributed by atoms with E-state index >= 15 is 0 Å². The maximum Gasteiger partial charge on any atom is 0.223 e. The molecule has 122 valence electrons. The van der Waals surface area contributed by atoms with E-state index in [1.165, 1.54) is 11.8 Å². The maximum absolute atomic E-state index is 12.9. The van der Waals surface area contributed by atoms with Gasteiger partial charge in [-0.25, -0.2) is 0 Å². The lowest BCUT2D eigenvalue weighted by Gasteiger charge is -2.16. The summed E-state index contributed by atoms with van der Waals surface area (Å²) in [6.07, 6.45) is 0. The minimum atomic E-state index is -0.243. The molecule has 0 saturated carbocycles. The van der Waals surface area contributed by atoms with Crippen LogP contribution in [-0.4, -0.2) is 23.7 Å². The molecule has 0 fully saturated rings. The summed E-state index contributed by atoms with van der Waals surface area (Å²) < 4.78 is 0. The Morgan fingerprint density at radius 1 is 1.04 bits per heavy atom. The summed E-state index contributed by atoms with van der Waals surface area (Å²) in [6, 6.07) is 11.9. The summed E-state index contributed by atoms with van der Waals surface area (Å²) in [5, 5.41) is 1.77. The van der Waals surface area contributed by atoms with Crippen molar-refractivity contribution in [3.8, 4) is 0 Å². The van der Waals surface area contributed by atoms with Gasteiger partial charge in [-0.15, -0.1) is 0 Å². The Labute approximate surface area is 149 Å². The SMILES string of the molecule is CC(=O)N(C)c1c(C(=O)c2cccc(Cl)c2)[nH]c2cc(Cl)ccc12. The molecule has 0 unspecified atom stereocenters. The fourth-order valence-electron chi connectivity index (χ4n) is 2.60. The number of carbonyl (C=O) groups is 2. The molecule has 1 aromatic heterocycles. The van der Waals surface area contributed by atoms with E-state index in [1.54, 1.807) is 49.5 Å². The van der Waals surface area contributed by atoms with E-state index in [2.05, 4.69) is 4.98 Å². The molecular formula is C18H14Cl2N2O2. The number of halogens is 2. The van der Waals surface area contributed by atoms with Crippen molar-refractivity contribution in [2.45, 2.75) is 6.92 Å². The molecule has 6 heteroatoms. The molecule has 1 N–H and O–H groups in total. The molecule has 2 aromatic carbocycles. The van der Waals surface area contributed by atoms with Crippen molar-refractivity contribution in [3.63, 3.8) is 0 Å².